The van der Waals surface area contributed by atoms with E-state index < -0.39 is 5.97 Å². The zero-order chi connectivity index (χ0) is 19.3. The normalized spacial score (nSPS) is 15.6. The highest BCUT2D eigenvalue weighted by atomic mass is 16.5. The number of carbonyl (C=O) groups excluding carboxylic acids is 1. The van der Waals surface area contributed by atoms with Gasteiger partial charge in [0.2, 0.25) is 0 Å². The van der Waals surface area contributed by atoms with Gasteiger partial charge in [0.1, 0.15) is 12.4 Å². The van der Waals surface area contributed by atoms with E-state index >= 15 is 0 Å². The topological polar surface area (TPSA) is 49.4 Å². The van der Waals surface area contributed by atoms with Gasteiger partial charge in [-0.25, -0.2) is 0 Å². The van der Waals surface area contributed by atoms with Crippen LogP contribution >= 0.6 is 0 Å². The molecule has 4 rings (SSSR count). The quantitative estimate of drug-likeness (QED) is 0.653. The second kappa shape index (κ2) is 8.30. The lowest BCUT2D eigenvalue weighted by molar-refractivity contribution is -0.306. The van der Waals surface area contributed by atoms with Crippen molar-refractivity contribution in [3.05, 3.63) is 89.5 Å². The predicted molar refractivity (Wildman–Crippen MR) is 108 cm³/mol. The largest absolute Gasteiger partial charge is 0.550 e. The van der Waals surface area contributed by atoms with Gasteiger partial charge < -0.3 is 14.6 Å². The van der Waals surface area contributed by atoms with Crippen LogP contribution in [0.5, 0.6) is 5.75 Å². The average molecular weight is 371 g/mol. The first kappa shape index (κ1) is 18.3. The number of carbonyl (C=O) groups is 1. The Hall–Kier alpha value is -3.07. The van der Waals surface area contributed by atoms with Crippen molar-refractivity contribution in [2.75, 3.05) is 0 Å². The average Bonchev–Trinajstić information content (AvgIpc) is 2.73. The molecule has 0 N–H and O–H groups in total. The van der Waals surface area contributed by atoms with Gasteiger partial charge in [0.15, 0.2) is 0 Å². The molecule has 3 nitrogen and oxygen atoms in total. The molecule has 3 aromatic carbocycles. The number of aryl methyl sites for hydroxylation is 1. The summed E-state index contributed by atoms with van der Waals surface area (Å²) in [7, 11) is 0. The van der Waals surface area contributed by atoms with Crippen LogP contribution in [0.25, 0.3) is 11.1 Å². The van der Waals surface area contributed by atoms with Crippen molar-refractivity contribution >= 4 is 5.97 Å². The second-order valence-electron chi connectivity index (χ2n) is 7.47. The van der Waals surface area contributed by atoms with Gasteiger partial charge in [-0.1, -0.05) is 60.7 Å². The number of hydrogen-bond donors (Lipinski definition) is 0. The van der Waals surface area contributed by atoms with Gasteiger partial charge in [-0.2, -0.15) is 0 Å². The minimum atomic E-state index is -0.952. The van der Waals surface area contributed by atoms with Crippen LogP contribution in [0.4, 0.5) is 0 Å². The van der Waals surface area contributed by atoms with E-state index in [4.69, 9.17) is 4.74 Å². The summed E-state index contributed by atoms with van der Waals surface area (Å²) in [6.07, 6.45) is 2.75. The fourth-order valence-electron chi connectivity index (χ4n) is 3.90. The second-order valence-corrected chi connectivity index (χ2v) is 7.47. The van der Waals surface area contributed by atoms with Crippen LogP contribution < -0.4 is 9.84 Å². The van der Waals surface area contributed by atoms with Crippen LogP contribution in [0, 0.1) is 5.92 Å². The van der Waals surface area contributed by atoms with E-state index in [1.165, 1.54) is 22.3 Å². The summed E-state index contributed by atoms with van der Waals surface area (Å²) in [5, 5.41) is 10.8. The maximum Gasteiger partial charge on any atom is 0.120 e. The van der Waals surface area contributed by atoms with Crippen LogP contribution in [-0.2, 0) is 24.2 Å². The summed E-state index contributed by atoms with van der Waals surface area (Å²) in [5.41, 5.74) is 6.04. The lowest BCUT2D eigenvalue weighted by Gasteiger charge is -2.25. The highest BCUT2D eigenvalue weighted by Crippen LogP contribution is 2.30. The van der Waals surface area contributed by atoms with Gasteiger partial charge in [0.25, 0.3) is 0 Å². The van der Waals surface area contributed by atoms with Crippen LogP contribution in [-0.4, -0.2) is 5.97 Å². The molecule has 3 aromatic rings. The fraction of sp³-hybridized carbons (Fsp3) is 0.240. The molecule has 0 heterocycles. The Bertz CT molecular complexity index is 945. The van der Waals surface area contributed by atoms with Crippen molar-refractivity contribution < 1.29 is 14.6 Å². The summed E-state index contributed by atoms with van der Waals surface area (Å²) < 4.78 is 5.99. The van der Waals surface area contributed by atoms with Crippen molar-refractivity contribution in [2.24, 2.45) is 5.92 Å². The third-order valence-corrected chi connectivity index (χ3v) is 5.43. The van der Waals surface area contributed by atoms with Gasteiger partial charge in [0.05, 0.1) is 0 Å². The number of aliphatic carboxylic acids is 1. The summed E-state index contributed by atoms with van der Waals surface area (Å²) in [4.78, 5) is 10.8. The van der Waals surface area contributed by atoms with E-state index in [2.05, 4.69) is 48.5 Å². The van der Waals surface area contributed by atoms with Crippen molar-refractivity contribution in [1.29, 1.82) is 0 Å². The molecule has 3 heteroatoms. The van der Waals surface area contributed by atoms with Crippen LogP contribution in [0.15, 0.2) is 72.8 Å². The van der Waals surface area contributed by atoms with E-state index in [-0.39, 0.29) is 12.3 Å². The molecule has 0 bridgehead atoms. The Morgan fingerprint density at radius 3 is 2.43 bits per heavy atom. The van der Waals surface area contributed by atoms with E-state index in [9.17, 15) is 9.90 Å². The molecule has 28 heavy (non-hydrogen) atoms. The summed E-state index contributed by atoms with van der Waals surface area (Å²) in [6, 6.07) is 24.9. The Morgan fingerprint density at radius 1 is 0.929 bits per heavy atom. The molecule has 1 aliphatic carbocycles. The Labute approximate surface area is 165 Å². The Morgan fingerprint density at radius 2 is 1.68 bits per heavy atom. The highest BCUT2D eigenvalue weighted by molar-refractivity contribution is 5.65. The molecule has 142 valence electrons. The molecule has 1 atom stereocenters. The molecule has 0 saturated heterocycles. The molecule has 1 unspecified atom stereocenters. The van der Waals surface area contributed by atoms with E-state index in [0.29, 0.717) is 6.61 Å². The van der Waals surface area contributed by atoms with Crippen molar-refractivity contribution in [3.8, 4) is 16.9 Å². The molecular weight excluding hydrogens is 348 g/mol. The zero-order valence-electron chi connectivity index (χ0n) is 15.8. The first-order chi connectivity index (χ1) is 13.7. The number of carboxylic acid groups (broad SMARTS) is 1. The minimum absolute atomic E-state index is 0.149. The summed E-state index contributed by atoms with van der Waals surface area (Å²) in [5.74, 6) is 0.100. The number of hydrogen-bond acceptors (Lipinski definition) is 3. The Balaban J connectivity index is 1.37. The van der Waals surface area contributed by atoms with E-state index in [1.54, 1.807) is 0 Å². The van der Waals surface area contributed by atoms with Crippen LogP contribution in [0.3, 0.4) is 0 Å². The molecule has 0 amide bonds. The van der Waals surface area contributed by atoms with Gasteiger partial charge in [0, 0.05) is 5.97 Å². The van der Waals surface area contributed by atoms with Crippen LogP contribution in [0.1, 0.15) is 29.5 Å². The maximum atomic E-state index is 10.8. The van der Waals surface area contributed by atoms with Gasteiger partial charge in [-0.3, -0.25) is 0 Å². The highest BCUT2D eigenvalue weighted by Gasteiger charge is 2.19. The molecule has 0 spiro atoms. The van der Waals surface area contributed by atoms with E-state index in [1.807, 2.05) is 24.3 Å². The number of benzene rings is 3. The monoisotopic (exact) mass is 371 g/mol. The molecule has 0 aliphatic heterocycles. The fourth-order valence-corrected chi connectivity index (χ4v) is 3.90. The van der Waals surface area contributed by atoms with Crippen molar-refractivity contribution in [2.45, 2.75) is 32.3 Å². The minimum Gasteiger partial charge on any atom is -0.550 e. The third-order valence-electron chi connectivity index (χ3n) is 5.43. The number of carboxylic acids is 1. The molecular formula is C25H23O3-. The number of rotatable bonds is 6. The maximum absolute atomic E-state index is 10.8. The first-order valence-corrected chi connectivity index (χ1v) is 9.76. The Kier molecular flexibility index (Phi) is 5.43. The zero-order valence-corrected chi connectivity index (χ0v) is 15.8. The lowest BCUT2D eigenvalue weighted by Crippen LogP contribution is -2.27. The molecule has 0 saturated carbocycles. The first-order valence-electron chi connectivity index (χ1n) is 9.76. The predicted octanol–water partition coefficient (Wildman–Crippen LogP) is 4.18. The van der Waals surface area contributed by atoms with E-state index in [0.717, 1.165) is 30.6 Å². The molecule has 0 fully saturated rings. The van der Waals surface area contributed by atoms with Crippen LogP contribution in [0.2, 0.25) is 0 Å². The standard InChI is InChI=1S/C25H24O3/c26-25(27)15-19-8-11-23-16-24(13-12-22(23)14-19)28-17-18-6-9-21(10-7-18)20-4-2-1-3-5-20/h1-7,9-10,12-13,16,19H,8,11,14-15,17H2,(H,26,27)/p-1. The van der Waals surface area contributed by atoms with Gasteiger partial charge in [-0.15, -0.1) is 0 Å². The van der Waals surface area contributed by atoms with Gasteiger partial charge >= 0.3 is 0 Å². The third kappa shape index (κ3) is 4.42. The van der Waals surface area contributed by atoms with Gasteiger partial charge in [-0.05, 0) is 71.6 Å². The van der Waals surface area contributed by atoms with Crippen molar-refractivity contribution in [1.82, 2.24) is 0 Å². The van der Waals surface area contributed by atoms with Crippen molar-refractivity contribution in [3.63, 3.8) is 0 Å². The number of ether oxygens (including phenoxy) is 1. The number of fused-ring (bicyclic) bond motifs is 1. The SMILES string of the molecule is O=C([O-])CC1CCc2cc(OCc3ccc(-c4ccccc4)cc3)ccc2C1. The molecule has 1 aliphatic rings. The lowest BCUT2D eigenvalue weighted by atomic mass is 9.82. The summed E-state index contributed by atoms with van der Waals surface area (Å²) >= 11 is 0. The molecule has 0 aromatic heterocycles. The smallest absolute Gasteiger partial charge is 0.120 e. The molecule has 0 radical (unpaired) electrons. The summed E-state index contributed by atoms with van der Waals surface area (Å²) in [6.45, 7) is 0.529.